The number of H-pyrrole nitrogens is 1. The SMILES string of the molecule is CN(C)c1ccc(-c2cc(-c3c[nH]c4ccccc34)nc(N)c2C#N)cc1. The van der Waals surface area contributed by atoms with E-state index >= 15 is 0 Å². The lowest BCUT2D eigenvalue weighted by Gasteiger charge is -2.14. The lowest BCUT2D eigenvalue weighted by atomic mass is 9.98. The van der Waals surface area contributed by atoms with Crippen molar-refractivity contribution < 1.29 is 0 Å². The monoisotopic (exact) mass is 353 g/mol. The van der Waals surface area contributed by atoms with Gasteiger partial charge in [0, 0.05) is 48.0 Å². The highest BCUT2D eigenvalue weighted by Crippen LogP contribution is 2.34. The average Bonchev–Trinajstić information content (AvgIpc) is 3.11. The Kier molecular flexibility index (Phi) is 4.02. The molecule has 0 fully saturated rings. The van der Waals surface area contributed by atoms with Gasteiger partial charge in [0.25, 0.3) is 0 Å². The molecular weight excluding hydrogens is 334 g/mol. The van der Waals surface area contributed by atoms with E-state index in [2.05, 4.69) is 16.0 Å². The molecule has 0 amide bonds. The summed E-state index contributed by atoms with van der Waals surface area (Å²) in [7, 11) is 3.99. The maximum Gasteiger partial charge on any atom is 0.142 e. The highest BCUT2D eigenvalue weighted by Gasteiger charge is 2.15. The number of pyridine rings is 1. The summed E-state index contributed by atoms with van der Waals surface area (Å²) in [6.07, 6.45) is 1.93. The van der Waals surface area contributed by atoms with Crippen molar-refractivity contribution in [2.24, 2.45) is 0 Å². The Morgan fingerprint density at radius 2 is 1.78 bits per heavy atom. The first-order chi connectivity index (χ1) is 13.1. The van der Waals surface area contributed by atoms with Gasteiger partial charge in [-0.05, 0) is 29.8 Å². The number of hydrogen-bond donors (Lipinski definition) is 2. The van der Waals surface area contributed by atoms with Crippen LogP contribution in [0.25, 0.3) is 33.3 Å². The van der Waals surface area contributed by atoms with Gasteiger partial charge in [-0.25, -0.2) is 4.98 Å². The Balaban J connectivity index is 1.90. The number of para-hydroxylation sites is 1. The molecule has 5 heteroatoms. The number of nitrogen functional groups attached to an aromatic ring is 1. The van der Waals surface area contributed by atoms with Crippen molar-refractivity contribution in [2.45, 2.75) is 0 Å². The zero-order valence-corrected chi connectivity index (χ0v) is 15.2. The quantitative estimate of drug-likeness (QED) is 0.571. The highest BCUT2D eigenvalue weighted by atomic mass is 15.1. The number of aromatic nitrogens is 2. The van der Waals surface area contributed by atoms with Gasteiger partial charge < -0.3 is 15.6 Å². The fourth-order valence-electron chi connectivity index (χ4n) is 3.27. The van der Waals surface area contributed by atoms with Crippen LogP contribution >= 0.6 is 0 Å². The fraction of sp³-hybridized carbons (Fsp3) is 0.0909. The predicted molar refractivity (Wildman–Crippen MR) is 110 cm³/mol. The van der Waals surface area contributed by atoms with E-state index in [4.69, 9.17) is 5.73 Å². The Morgan fingerprint density at radius 1 is 1.04 bits per heavy atom. The first-order valence-electron chi connectivity index (χ1n) is 8.63. The molecule has 132 valence electrons. The summed E-state index contributed by atoms with van der Waals surface area (Å²) in [5.41, 5.74) is 12.1. The van der Waals surface area contributed by atoms with E-state index in [0.717, 1.165) is 39.0 Å². The minimum absolute atomic E-state index is 0.243. The molecule has 0 bridgehead atoms. The molecule has 2 aromatic carbocycles. The molecule has 0 aliphatic rings. The van der Waals surface area contributed by atoms with Crippen LogP contribution in [0.4, 0.5) is 11.5 Å². The van der Waals surface area contributed by atoms with E-state index < -0.39 is 0 Å². The van der Waals surface area contributed by atoms with Crippen LogP contribution in [0.3, 0.4) is 0 Å². The number of benzene rings is 2. The third-order valence-electron chi connectivity index (χ3n) is 4.72. The molecule has 0 radical (unpaired) electrons. The minimum Gasteiger partial charge on any atom is -0.383 e. The maximum atomic E-state index is 9.61. The lowest BCUT2D eigenvalue weighted by molar-refractivity contribution is 1.13. The molecule has 0 spiro atoms. The summed E-state index contributed by atoms with van der Waals surface area (Å²) in [5, 5.41) is 10.7. The summed E-state index contributed by atoms with van der Waals surface area (Å²) < 4.78 is 0. The summed E-state index contributed by atoms with van der Waals surface area (Å²) in [6, 6.07) is 20.2. The van der Waals surface area contributed by atoms with E-state index in [-0.39, 0.29) is 5.82 Å². The van der Waals surface area contributed by atoms with E-state index in [1.165, 1.54) is 0 Å². The summed E-state index contributed by atoms with van der Waals surface area (Å²) in [5.74, 6) is 0.243. The maximum absolute atomic E-state index is 9.61. The Morgan fingerprint density at radius 3 is 2.48 bits per heavy atom. The highest BCUT2D eigenvalue weighted by molar-refractivity contribution is 5.96. The molecule has 3 N–H and O–H groups in total. The van der Waals surface area contributed by atoms with E-state index in [9.17, 15) is 5.26 Å². The van der Waals surface area contributed by atoms with Crippen LogP contribution in [0.2, 0.25) is 0 Å². The molecule has 0 aliphatic carbocycles. The van der Waals surface area contributed by atoms with Crippen molar-refractivity contribution in [3.8, 4) is 28.5 Å². The Labute approximate surface area is 157 Å². The van der Waals surface area contributed by atoms with Gasteiger partial charge in [-0.2, -0.15) is 5.26 Å². The molecule has 4 aromatic rings. The van der Waals surface area contributed by atoms with Gasteiger partial charge in [0.2, 0.25) is 0 Å². The Hall–Kier alpha value is -3.78. The Bertz CT molecular complexity index is 1160. The molecule has 2 heterocycles. The number of nitrogens with one attached hydrogen (secondary N) is 1. The van der Waals surface area contributed by atoms with Crippen molar-refractivity contribution in [3.63, 3.8) is 0 Å². The van der Waals surface area contributed by atoms with Gasteiger partial charge in [0.15, 0.2) is 0 Å². The number of rotatable bonds is 3. The van der Waals surface area contributed by atoms with Crippen molar-refractivity contribution >= 4 is 22.4 Å². The predicted octanol–water partition coefficient (Wildman–Crippen LogP) is 4.42. The van der Waals surface area contributed by atoms with Crippen LogP contribution in [-0.2, 0) is 0 Å². The first kappa shape index (κ1) is 16.7. The van der Waals surface area contributed by atoms with E-state index in [0.29, 0.717) is 5.56 Å². The topological polar surface area (TPSA) is 81.7 Å². The molecule has 27 heavy (non-hydrogen) atoms. The largest absolute Gasteiger partial charge is 0.383 e. The third-order valence-corrected chi connectivity index (χ3v) is 4.72. The molecule has 2 aromatic heterocycles. The van der Waals surface area contributed by atoms with Gasteiger partial charge in [0.1, 0.15) is 17.5 Å². The molecule has 0 atom stereocenters. The van der Waals surface area contributed by atoms with Gasteiger partial charge in [-0.3, -0.25) is 0 Å². The molecule has 0 saturated carbocycles. The lowest BCUT2D eigenvalue weighted by Crippen LogP contribution is -2.08. The number of fused-ring (bicyclic) bond motifs is 1. The van der Waals surface area contributed by atoms with Crippen LogP contribution in [0.1, 0.15) is 5.56 Å². The molecule has 5 nitrogen and oxygen atoms in total. The average molecular weight is 353 g/mol. The van der Waals surface area contributed by atoms with Gasteiger partial charge in [0.05, 0.1) is 5.69 Å². The zero-order chi connectivity index (χ0) is 19.0. The first-order valence-corrected chi connectivity index (χ1v) is 8.63. The minimum atomic E-state index is 0.243. The van der Waals surface area contributed by atoms with Gasteiger partial charge >= 0.3 is 0 Å². The van der Waals surface area contributed by atoms with E-state index in [1.807, 2.05) is 79.8 Å². The molecule has 4 rings (SSSR count). The second-order valence-corrected chi connectivity index (χ2v) is 6.62. The standard InChI is InChI=1S/C22H19N5/c1-27(2)15-9-7-14(8-10-15)17-11-21(26-22(24)18(17)12-23)19-13-25-20-6-4-3-5-16(19)20/h3-11,13,25H,1-2H3,(H2,24,26). The van der Waals surface area contributed by atoms with E-state index in [1.54, 1.807) is 0 Å². The molecule has 0 aliphatic heterocycles. The smallest absolute Gasteiger partial charge is 0.142 e. The van der Waals surface area contributed by atoms with Gasteiger partial charge in [-0.15, -0.1) is 0 Å². The van der Waals surface area contributed by atoms with Gasteiger partial charge in [-0.1, -0.05) is 30.3 Å². The number of anilines is 2. The van der Waals surface area contributed by atoms with Crippen LogP contribution in [0, 0.1) is 11.3 Å². The summed E-state index contributed by atoms with van der Waals surface area (Å²) in [4.78, 5) is 9.79. The fourth-order valence-corrected chi connectivity index (χ4v) is 3.27. The summed E-state index contributed by atoms with van der Waals surface area (Å²) in [6.45, 7) is 0. The van der Waals surface area contributed by atoms with Crippen molar-refractivity contribution in [3.05, 3.63) is 66.4 Å². The van der Waals surface area contributed by atoms with Crippen molar-refractivity contribution in [1.29, 1.82) is 5.26 Å². The van der Waals surface area contributed by atoms with Crippen molar-refractivity contribution in [2.75, 3.05) is 24.7 Å². The number of nitrogens with zero attached hydrogens (tertiary/aromatic N) is 3. The number of aromatic amines is 1. The zero-order valence-electron chi connectivity index (χ0n) is 15.2. The number of nitriles is 1. The second-order valence-electron chi connectivity index (χ2n) is 6.62. The van der Waals surface area contributed by atoms with Crippen LogP contribution < -0.4 is 10.6 Å². The van der Waals surface area contributed by atoms with Crippen molar-refractivity contribution in [1.82, 2.24) is 9.97 Å². The van der Waals surface area contributed by atoms with Crippen LogP contribution in [0.5, 0.6) is 0 Å². The van der Waals surface area contributed by atoms with Crippen LogP contribution in [0.15, 0.2) is 60.8 Å². The number of nitrogens with two attached hydrogens (primary N) is 1. The molecule has 0 unspecified atom stereocenters. The molecular formula is C22H19N5. The van der Waals surface area contributed by atoms with Crippen LogP contribution in [-0.4, -0.2) is 24.1 Å². The number of hydrogen-bond acceptors (Lipinski definition) is 4. The molecule has 0 saturated heterocycles. The summed E-state index contributed by atoms with van der Waals surface area (Å²) >= 11 is 0. The second kappa shape index (κ2) is 6.50. The third kappa shape index (κ3) is 2.87. The normalized spacial score (nSPS) is 10.7.